The molecular weight excluding hydrogens is 240 g/mol. The predicted molar refractivity (Wildman–Crippen MR) is 76.5 cm³/mol. The highest BCUT2D eigenvalue weighted by atomic mass is 16.5. The largest absolute Gasteiger partial charge is 0.497 e. The molecule has 1 amide bonds. The van der Waals surface area contributed by atoms with Crippen molar-refractivity contribution in [2.45, 2.75) is 25.7 Å². The van der Waals surface area contributed by atoms with Crippen LogP contribution in [-0.2, 0) is 4.79 Å². The molecule has 1 heterocycles. The van der Waals surface area contributed by atoms with Gasteiger partial charge < -0.3 is 15.0 Å². The molecule has 1 aliphatic heterocycles. The lowest BCUT2D eigenvalue weighted by Gasteiger charge is -2.26. The zero-order chi connectivity index (χ0) is 13.5. The number of benzene rings is 1. The summed E-state index contributed by atoms with van der Waals surface area (Å²) in [7, 11) is 1.65. The molecule has 0 aliphatic carbocycles. The van der Waals surface area contributed by atoms with Crippen molar-refractivity contribution in [3.8, 4) is 5.75 Å². The average molecular weight is 262 g/mol. The van der Waals surface area contributed by atoms with Crippen molar-refractivity contribution in [1.82, 2.24) is 4.90 Å². The number of likely N-dealkylation sites (tertiary alicyclic amines) is 1. The number of piperidine rings is 1. The molecule has 4 nitrogen and oxygen atoms in total. The van der Waals surface area contributed by atoms with Crippen molar-refractivity contribution in [2.75, 3.05) is 32.1 Å². The van der Waals surface area contributed by atoms with Gasteiger partial charge in [0.05, 0.1) is 7.11 Å². The highest BCUT2D eigenvalue weighted by Gasteiger charge is 2.15. The molecular formula is C15H22N2O2. The second-order valence-electron chi connectivity index (χ2n) is 4.85. The Kier molecular flexibility index (Phi) is 5.07. The van der Waals surface area contributed by atoms with Crippen LogP contribution in [0.1, 0.15) is 25.7 Å². The molecule has 19 heavy (non-hydrogen) atoms. The van der Waals surface area contributed by atoms with Crippen LogP contribution < -0.4 is 10.1 Å². The number of hydrogen-bond donors (Lipinski definition) is 1. The molecule has 0 atom stereocenters. The molecule has 0 bridgehead atoms. The van der Waals surface area contributed by atoms with Gasteiger partial charge in [-0.25, -0.2) is 0 Å². The Morgan fingerprint density at radius 1 is 1.21 bits per heavy atom. The van der Waals surface area contributed by atoms with Crippen LogP contribution in [0.3, 0.4) is 0 Å². The molecule has 0 aromatic heterocycles. The molecule has 2 rings (SSSR count). The first-order chi connectivity index (χ1) is 9.29. The van der Waals surface area contributed by atoms with Crippen molar-refractivity contribution < 1.29 is 9.53 Å². The fraction of sp³-hybridized carbons (Fsp3) is 0.533. The average Bonchev–Trinajstić information content (AvgIpc) is 2.49. The number of ether oxygens (including phenoxy) is 1. The van der Waals surface area contributed by atoms with Crippen LogP contribution in [0.4, 0.5) is 5.69 Å². The number of hydrogen-bond acceptors (Lipinski definition) is 3. The van der Waals surface area contributed by atoms with Crippen molar-refractivity contribution in [2.24, 2.45) is 0 Å². The van der Waals surface area contributed by atoms with Gasteiger partial charge in [-0.15, -0.1) is 0 Å². The van der Waals surface area contributed by atoms with Crippen LogP contribution in [-0.4, -0.2) is 37.6 Å². The first-order valence-electron chi connectivity index (χ1n) is 6.95. The number of nitrogens with zero attached hydrogens (tertiary/aromatic N) is 1. The third-order valence-electron chi connectivity index (χ3n) is 3.47. The van der Waals surface area contributed by atoms with E-state index in [0.717, 1.165) is 37.4 Å². The van der Waals surface area contributed by atoms with E-state index >= 15 is 0 Å². The fourth-order valence-corrected chi connectivity index (χ4v) is 2.32. The summed E-state index contributed by atoms with van der Waals surface area (Å²) in [5.74, 6) is 1.11. The van der Waals surface area contributed by atoms with Gasteiger partial charge in [-0.3, -0.25) is 4.79 Å². The lowest BCUT2D eigenvalue weighted by atomic mass is 10.1. The molecule has 1 aromatic carbocycles. The van der Waals surface area contributed by atoms with Gasteiger partial charge in [0.2, 0.25) is 5.91 Å². The highest BCUT2D eigenvalue weighted by molar-refractivity contribution is 5.76. The molecule has 0 radical (unpaired) electrons. The summed E-state index contributed by atoms with van der Waals surface area (Å²) in [4.78, 5) is 13.9. The second-order valence-corrected chi connectivity index (χ2v) is 4.85. The summed E-state index contributed by atoms with van der Waals surface area (Å²) in [5, 5.41) is 3.26. The SMILES string of the molecule is COc1ccc(NCCC(=O)N2CCCCC2)cc1. The molecule has 1 aliphatic rings. The Morgan fingerprint density at radius 2 is 1.89 bits per heavy atom. The molecule has 1 N–H and O–H groups in total. The van der Waals surface area contributed by atoms with E-state index in [2.05, 4.69) is 5.32 Å². The Morgan fingerprint density at radius 3 is 2.53 bits per heavy atom. The van der Waals surface area contributed by atoms with Crippen LogP contribution in [0.2, 0.25) is 0 Å². The zero-order valence-electron chi connectivity index (χ0n) is 11.5. The Labute approximate surface area is 114 Å². The summed E-state index contributed by atoms with van der Waals surface area (Å²) < 4.78 is 5.10. The van der Waals surface area contributed by atoms with Gasteiger partial charge in [0.15, 0.2) is 0 Å². The van der Waals surface area contributed by atoms with Crippen LogP contribution in [0.25, 0.3) is 0 Å². The molecule has 4 heteroatoms. The highest BCUT2D eigenvalue weighted by Crippen LogP contribution is 2.15. The summed E-state index contributed by atoms with van der Waals surface area (Å²) in [6, 6.07) is 7.75. The van der Waals surface area contributed by atoms with Gasteiger partial charge in [0, 0.05) is 31.7 Å². The second kappa shape index (κ2) is 7.02. The number of carbonyl (C=O) groups is 1. The van der Waals surface area contributed by atoms with E-state index in [1.807, 2.05) is 29.2 Å². The zero-order valence-corrected chi connectivity index (χ0v) is 11.5. The predicted octanol–water partition coefficient (Wildman–Crippen LogP) is 2.51. The lowest BCUT2D eigenvalue weighted by Crippen LogP contribution is -2.36. The number of anilines is 1. The maximum absolute atomic E-state index is 12.0. The summed E-state index contributed by atoms with van der Waals surface area (Å²) in [5.41, 5.74) is 1.02. The molecule has 0 saturated carbocycles. The van der Waals surface area contributed by atoms with Crippen LogP contribution in [0.5, 0.6) is 5.75 Å². The maximum Gasteiger partial charge on any atom is 0.224 e. The molecule has 1 saturated heterocycles. The summed E-state index contributed by atoms with van der Waals surface area (Å²) >= 11 is 0. The van der Waals surface area contributed by atoms with E-state index in [1.165, 1.54) is 6.42 Å². The first kappa shape index (κ1) is 13.7. The van der Waals surface area contributed by atoms with Gasteiger partial charge in [0.1, 0.15) is 5.75 Å². The molecule has 0 unspecified atom stereocenters. The van der Waals surface area contributed by atoms with Crippen LogP contribution in [0.15, 0.2) is 24.3 Å². The summed E-state index contributed by atoms with van der Waals surface area (Å²) in [6.45, 7) is 2.55. The van der Waals surface area contributed by atoms with E-state index in [4.69, 9.17) is 4.74 Å². The topological polar surface area (TPSA) is 41.6 Å². The molecule has 0 spiro atoms. The molecule has 104 valence electrons. The van der Waals surface area contributed by atoms with Gasteiger partial charge in [0.25, 0.3) is 0 Å². The van der Waals surface area contributed by atoms with E-state index in [9.17, 15) is 4.79 Å². The van der Waals surface area contributed by atoms with Crippen molar-refractivity contribution in [3.63, 3.8) is 0 Å². The van der Waals surface area contributed by atoms with E-state index in [-0.39, 0.29) is 5.91 Å². The van der Waals surface area contributed by atoms with E-state index in [0.29, 0.717) is 13.0 Å². The Balaban J connectivity index is 1.71. The van der Waals surface area contributed by atoms with Crippen molar-refractivity contribution in [3.05, 3.63) is 24.3 Å². The number of amides is 1. The Hall–Kier alpha value is -1.71. The standard InChI is InChI=1S/C15H22N2O2/c1-19-14-7-5-13(6-8-14)16-10-9-15(18)17-11-3-2-4-12-17/h5-8,16H,2-4,9-12H2,1H3. The van der Waals surface area contributed by atoms with Crippen molar-refractivity contribution >= 4 is 11.6 Å². The number of rotatable bonds is 5. The van der Waals surface area contributed by atoms with E-state index in [1.54, 1.807) is 7.11 Å². The van der Waals surface area contributed by atoms with Gasteiger partial charge in [-0.1, -0.05) is 0 Å². The van der Waals surface area contributed by atoms with Gasteiger partial charge in [-0.05, 0) is 43.5 Å². The minimum Gasteiger partial charge on any atom is -0.497 e. The number of methoxy groups -OCH3 is 1. The van der Waals surface area contributed by atoms with Gasteiger partial charge in [-0.2, -0.15) is 0 Å². The fourth-order valence-electron chi connectivity index (χ4n) is 2.32. The minimum absolute atomic E-state index is 0.265. The van der Waals surface area contributed by atoms with Gasteiger partial charge >= 0.3 is 0 Å². The smallest absolute Gasteiger partial charge is 0.224 e. The summed E-state index contributed by atoms with van der Waals surface area (Å²) in [6.07, 6.45) is 4.12. The first-order valence-corrected chi connectivity index (χ1v) is 6.95. The number of nitrogens with one attached hydrogen (secondary N) is 1. The Bertz CT molecular complexity index is 397. The lowest BCUT2D eigenvalue weighted by molar-refractivity contribution is -0.131. The monoisotopic (exact) mass is 262 g/mol. The number of carbonyl (C=O) groups excluding carboxylic acids is 1. The minimum atomic E-state index is 0.265. The van der Waals surface area contributed by atoms with Crippen LogP contribution >= 0.6 is 0 Å². The maximum atomic E-state index is 12.0. The molecule has 1 aromatic rings. The van der Waals surface area contributed by atoms with E-state index < -0.39 is 0 Å². The third-order valence-corrected chi connectivity index (χ3v) is 3.47. The molecule has 1 fully saturated rings. The quantitative estimate of drug-likeness (QED) is 0.886. The van der Waals surface area contributed by atoms with Crippen molar-refractivity contribution in [1.29, 1.82) is 0 Å². The van der Waals surface area contributed by atoms with Crippen LogP contribution in [0, 0.1) is 0 Å². The normalized spacial score (nSPS) is 15.1. The third kappa shape index (κ3) is 4.16.